The van der Waals surface area contributed by atoms with E-state index in [2.05, 4.69) is 4.72 Å². The van der Waals surface area contributed by atoms with Gasteiger partial charge in [-0.05, 0) is 42.7 Å². The number of carbonyl (C=O) groups excluding carboxylic acids is 1. The first kappa shape index (κ1) is 18.6. The molecule has 1 aliphatic rings. The highest BCUT2D eigenvalue weighted by molar-refractivity contribution is 7.89. The van der Waals surface area contributed by atoms with Crippen molar-refractivity contribution in [2.75, 3.05) is 18.5 Å². The summed E-state index contributed by atoms with van der Waals surface area (Å²) in [5.41, 5.74) is 1.77. The predicted molar refractivity (Wildman–Crippen MR) is 107 cm³/mol. The lowest BCUT2D eigenvalue weighted by Gasteiger charge is -2.13. The molecule has 1 heterocycles. The minimum Gasteiger partial charge on any atom is -0.311 e. The van der Waals surface area contributed by atoms with E-state index in [1.54, 1.807) is 49.5 Å². The highest BCUT2D eigenvalue weighted by Crippen LogP contribution is 2.39. The molecule has 0 aromatic heterocycles. The summed E-state index contributed by atoms with van der Waals surface area (Å²) < 4.78 is 41.9. The molecule has 0 bridgehead atoms. The number of nitrogens with one attached hydrogen (secondary N) is 1. The number of aryl methyl sites for hydroxylation is 1. The molecule has 144 valence electrons. The van der Waals surface area contributed by atoms with Crippen LogP contribution in [0.4, 0.5) is 10.1 Å². The molecule has 1 amide bonds. The average Bonchev–Trinajstić information content (AvgIpc) is 2.93. The van der Waals surface area contributed by atoms with E-state index in [1.807, 2.05) is 0 Å². The van der Waals surface area contributed by atoms with Gasteiger partial charge >= 0.3 is 0 Å². The quantitative estimate of drug-likeness (QED) is 0.647. The number of nitrogens with zero attached hydrogens (tertiary/aromatic N) is 1. The van der Waals surface area contributed by atoms with Gasteiger partial charge in [0, 0.05) is 29.9 Å². The third kappa shape index (κ3) is 3.06. The van der Waals surface area contributed by atoms with Crippen molar-refractivity contribution in [3.63, 3.8) is 0 Å². The van der Waals surface area contributed by atoms with Crippen molar-refractivity contribution < 1.29 is 17.6 Å². The molecule has 0 radical (unpaired) electrons. The van der Waals surface area contributed by atoms with Gasteiger partial charge in [0.15, 0.2) is 0 Å². The van der Waals surface area contributed by atoms with Gasteiger partial charge in [-0.25, -0.2) is 17.5 Å². The van der Waals surface area contributed by atoms with E-state index in [0.29, 0.717) is 40.4 Å². The highest BCUT2D eigenvalue weighted by atomic mass is 32.2. The molecule has 1 aliphatic heterocycles. The fourth-order valence-corrected chi connectivity index (χ4v) is 4.88. The fourth-order valence-electron chi connectivity index (χ4n) is 3.61. The van der Waals surface area contributed by atoms with Crippen LogP contribution in [-0.4, -0.2) is 27.9 Å². The normalized spacial score (nSPS) is 13.5. The van der Waals surface area contributed by atoms with Gasteiger partial charge in [-0.3, -0.25) is 4.79 Å². The van der Waals surface area contributed by atoms with Crippen LogP contribution < -0.4 is 9.62 Å². The summed E-state index contributed by atoms with van der Waals surface area (Å²) >= 11 is 0. The van der Waals surface area contributed by atoms with Crippen LogP contribution in [-0.2, 0) is 16.4 Å². The van der Waals surface area contributed by atoms with Crippen LogP contribution in [0.2, 0.25) is 0 Å². The molecule has 3 aromatic rings. The summed E-state index contributed by atoms with van der Waals surface area (Å²) in [5.74, 6) is -0.431. The third-order valence-corrected chi connectivity index (χ3v) is 6.56. The number of halogens is 1. The number of rotatable bonds is 6. The molecule has 4 rings (SSSR count). The molecule has 0 saturated carbocycles. The SMILES string of the molecule is CN1C(=O)c2cccc3c(S(=O)(=O)NCCCc4ccccc4F)ccc1c23. The zero-order valence-electron chi connectivity index (χ0n) is 15.3. The fraction of sp³-hybridized carbons (Fsp3) is 0.190. The summed E-state index contributed by atoms with van der Waals surface area (Å²) in [5, 5.41) is 1.18. The smallest absolute Gasteiger partial charge is 0.258 e. The second-order valence-electron chi connectivity index (χ2n) is 6.77. The molecule has 5 nitrogen and oxygen atoms in total. The lowest BCUT2D eigenvalue weighted by molar-refractivity contribution is 0.0999. The van der Waals surface area contributed by atoms with Crippen molar-refractivity contribution in [3.8, 4) is 0 Å². The predicted octanol–water partition coefficient (Wildman–Crippen LogP) is 3.48. The number of hydrogen-bond donors (Lipinski definition) is 1. The van der Waals surface area contributed by atoms with Crippen LogP contribution in [0.5, 0.6) is 0 Å². The number of carbonyl (C=O) groups is 1. The molecule has 3 aromatic carbocycles. The second kappa shape index (κ2) is 7.00. The van der Waals surface area contributed by atoms with Crippen LogP contribution in [0.1, 0.15) is 22.3 Å². The summed E-state index contributed by atoms with van der Waals surface area (Å²) in [6.07, 6.45) is 0.918. The lowest BCUT2D eigenvalue weighted by atomic mass is 10.1. The van der Waals surface area contributed by atoms with Crippen molar-refractivity contribution in [3.05, 3.63) is 71.5 Å². The standard InChI is InChI=1S/C21H19FN2O3S/c1-24-18-11-12-19(15-8-4-9-16(20(15)18)21(24)25)28(26,27)23-13-5-7-14-6-2-3-10-17(14)22/h2-4,6,8-12,23H,5,7,13H2,1H3. The van der Waals surface area contributed by atoms with Gasteiger partial charge in [0.1, 0.15) is 5.82 Å². The molecule has 0 fully saturated rings. The van der Waals surface area contributed by atoms with Crippen LogP contribution in [0.3, 0.4) is 0 Å². The third-order valence-electron chi connectivity index (χ3n) is 5.04. The van der Waals surface area contributed by atoms with Crippen molar-refractivity contribution in [1.82, 2.24) is 4.72 Å². The van der Waals surface area contributed by atoms with Crippen LogP contribution in [0.25, 0.3) is 10.8 Å². The molecule has 0 unspecified atom stereocenters. The van der Waals surface area contributed by atoms with E-state index < -0.39 is 10.0 Å². The maximum Gasteiger partial charge on any atom is 0.258 e. The lowest BCUT2D eigenvalue weighted by Crippen LogP contribution is -2.25. The molecule has 0 spiro atoms. The van der Waals surface area contributed by atoms with Crippen LogP contribution in [0.15, 0.2) is 59.5 Å². The van der Waals surface area contributed by atoms with E-state index in [-0.39, 0.29) is 23.2 Å². The zero-order valence-corrected chi connectivity index (χ0v) is 16.1. The Morgan fingerprint density at radius 2 is 1.82 bits per heavy atom. The van der Waals surface area contributed by atoms with Crippen LogP contribution in [0, 0.1) is 5.82 Å². The zero-order chi connectivity index (χ0) is 19.9. The minimum atomic E-state index is -3.77. The number of amides is 1. The Balaban J connectivity index is 1.56. The van der Waals surface area contributed by atoms with Crippen LogP contribution >= 0.6 is 0 Å². The van der Waals surface area contributed by atoms with Crippen molar-refractivity contribution in [2.24, 2.45) is 0 Å². The molecule has 28 heavy (non-hydrogen) atoms. The molecular weight excluding hydrogens is 379 g/mol. The Morgan fingerprint density at radius 3 is 2.61 bits per heavy atom. The monoisotopic (exact) mass is 398 g/mol. The largest absolute Gasteiger partial charge is 0.311 e. The average molecular weight is 398 g/mol. The van der Waals surface area contributed by atoms with E-state index in [9.17, 15) is 17.6 Å². The van der Waals surface area contributed by atoms with Gasteiger partial charge in [-0.2, -0.15) is 0 Å². The highest BCUT2D eigenvalue weighted by Gasteiger charge is 2.29. The van der Waals surface area contributed by atoms with Gasteiger partial charge in [-0.15, -0.1) is 0 Å². The van der Waals surface area contributed by atoms with Gasteiger partial charge in [0.2, 0.25) is 10.0 Å². The summed E-state index contributed by atoms with van der Waals surface area (Å²) in [7, 11) is -2.09. The van der Waals surface area contributed by atoms with Gasteiger partial charge in [-0.1, -0.05) is 30.3 Å². The van der Waals surface area contributed by atoms with Crippen molar-refractivity contribution in [1.29, 1.82) is 0 Å². The minimum absolute atomic E-state index is 0.141. The first-order chi connectivity index (χ1) is 13.4. The molecule has 0 aliphatic carbocycles. The van der Waals surface area contributed by atoms with E-state index >= 15 is 0 Å². The number of anilines is 1. The second-order valence-corrected chi connectivity index (χ2v) is 8.50. The van der Waals surface area contributed by atoms with E-state index in [4.69, 9.17) is 0 Å². The van der Waals surface area contributed by atoms with E-state index in [0.717, 1.165) is 0 Å². The number of sulfonamides is 1. The molecular formula is C21H19FN2O3S. The first-order valence-corrected chi connectivity index (χ1v) is 10.5. The Labute approximate surface area is 162 Å². The van der Waals surface area contributed by atoms with Gasteiger partial charge in [0.25, 0.3) is 5.91 Å². The molecule has 7 heteroatoms. The Kier molecular flexibility index (Phi) is 4.64. The van der Waals surface area contributed by atoms with E-state index in [1.165, 1.54) is 17.0 Å². The topological polar surface area (TPSA) is 66.5 Å². The van der Waals surface area contributed by atoms with Crippen molar-refractivity contribution in [2.45, 2.75) is 17.7 Å². The van der Waals surface area contributed by atoms with Gasteiger partial charge in [0.05, 0.1) is 10.6 Å². The summed E-state index contributed by atoms with van der Waals surface area (Å²) in [4.78, 5) is 14.0. The summed E-state index contributed by atoms with van der Waals surface area (Å²) in [6, 6.07) is 14.8. The number of hydrogen-bond acceptors (Lipinski definition) is 3. The first-order valence-electron chi connectivity index (χ1n) is 8.97. The number of benzene rings is 3. The maximum absolute atomic E-state index is 13.7. The maximum atomic E-state index is 13.7. The molecule has 1 N–H and O–H groups in total. The molecule has 0 saturated heterocycles. The Morgan fingerprint density at radius 1 is 1.04 bits per heavy atom. The Bertz CT molecular complexity index is 1190. The molecule has 0 atom stereocenters. The summed E-state index contributed by atoms with van der Waals surface area (Å²) in [6.45, 7) is 0.193. The Hall–Kier alpha value is -2.77. The van der Waals surface area contributed by atoms with Gasteiger partial charge < -0.3 is 4.90 Å². The van der Waals surface area contributed by atoms with Crippen molar-refractivity contribution >= 4 is 32.4 Å².